The van der Waals surface area contributed by atoms with Crippen molar-refractivity contribution >= 4 is 5.78 Å². The molecule has 1 aromatic rings. The second kappa shape index (κ2) is 4.86. The van der Waals surface area contributed by atoms with Gasteiger partial charge in [-0.1, -0.05) is 24.3 Å². The maximum atomic E-state index is 12.8. The lowest BCUT2D eigenvalue weighted by Gasteiger charge is -2.03. The molecule has 0 radical (unpaired) electrons. The zero-order valence-corrected chi connectivity index (χ0v) is 8.16. The summed E-state index contributed by atoms with van der Waals surface area (Å²) in [5.74, 6) is 0.00515. The van der Waals surface area contributed by atoms with E-state index in [0.29, 0.717) is 24.1 Å². The molecule has 0 saturated heterocycles. The number of benzene rings is 1. The van der Waals surface area contributed by atoms with Gasteiger partial charge in [-0.3, -0.25) is 4.79 Å². The number of carbonyl (C=O) groups excluding carboxylic acids is 1. The lowest BCUT2D eigenvalue weighted by atomic mass is 10.0. The average Bonchev–Trinajstić information content (AvgIpc) is 2.18. The molecule has 1 unspecified atom stereocenters. The van der Waals surface area contributed by atoms with E-state index in [1.54, 1.807) is 24.3 Å². The van der Waals surface area contributed by atoms with Gasteiger partial charge in [-0.05, 0) is 19.0 Å². The zero-order valence-electron chi connectivity index (χ0n) is 8.16. The third-order valence-corrected chi connectivity index (χ3v) is 2.06. The summed E-state index contributed by atoms with van der Waals surface area (Å²) < 4.78 is 12.8. The van der Waals surface area contributed by atoms with Gasteiger partial charge in [-0.2, -0.15) is 0 Å². The van der Waals surface area contributed by atoms with Crippen molar-refractivity contribution in [3.8, 4) is 0 Å². The number of alkyl halides is 1. The van der Waals surface area contributed by atoms with Crippen LogP contribution in [0.2, 0.25) is 0 Å². The van der Waals surface area contributed by atoms with Crippen molar-refractivity contribution in [2.45, 2.75) is 19.5 Å². The highest BCUT2D eigenvalue weighted by molar-refractivity contribution is 5.96. The van der Waals surface area contributed by atoms with Crippen molar-refractivity contribution in [1.82, 2.24) is 0 Å². The summed E-state index contributed by atoms with van der Waals surface area (Å²) in [6.07, 6.45) is -0.654. The van der Waals surface area contributed by atoms with Crippen molar-refractivity contribution in [1.29, 1.82) is 0 Å². The van der Waals surface area contributed by atoms with Gasteiger partial charge in [0.25, 0.3) is 0 Å². The number of nitrogens with two attached hydrogens (primary N) is 1. The van der Waals surface area contributed by atoms with Gasteiger partial charge in [0.15, 0.2) is 5.78 Å². The van der Waals surface area contributed by atoms with E-state index in [1.165, 1.54) is 6.92 Å². The third-order valence-electron chi connectivity index (χ3n) is 2.06. The van der Waals surface area contributed by atoms with Crippen LogP contribution in [0.1, 0.15) is 35.4 Å². The number of carbonyl (C=O) groups is 1. The molecule has 0 aliphatic rings. The van der Waals surface area contributed by atoms with Crippen molar-refractivity contribution in [3.63, 3.8) is 0 Å². The van der Waals surface area contributed by atoms with Crippen LogP contribution >= 0.6 is 0 Å². The fourth-order valence-electron chi connectivity index (χ4n) is 1.21. The van der Waals surface area contributed by atoms with Gasteiger partial charge in [0.05, 0.1) is 0 Å². The molecule has 76 valence electrons. The van der Waals surface area contributed by atoms with Crippen LogP contribution in [0.25, 0.3) is 0 Å². The summed E-state index contributed by atoms with van der Waals surface area (Å²) in [6, 6.07) is 6.55. The largest absolute Gasteiger partial charge is 0.330 e. The molecule has 2 nitrogen and oxygen atoms in total. The molecule has 1 rings (SSSR count). The molecule has 0 fully saturated rings. The lowest BCUT2D eigenvalue weighted by Crippen LogP contribution is -2.08. The first-order chi connectivity index (χ1) is 6.65. The summed E-state index contributed by atoms with van der Waals surface area (Å²) in [5, 5.41) is 0. The Kier molecular flexibility index (Phi) is 3.77. The van der Waals surface area contributed by atoms with E-state index >= 15 is 0 Å². The molecule has 0 aliphatic carbocycles. The Morgan fingerprint density at radius 2 is 2.00 bits per heavy atom. The van der Waals surface area contributed by atoms with Gasteiger partial charge in [0.2, 0.25) is 0 Å². The number of Topliss-reactive ketones (excluding diaryl/α,β-unsaturated/α-hetero) is 1. The molecule has 0 aromatic heterocycles. The fraction of sp³-hybridized carbons (Fsp3) is 0.364. The van der Waals surface area contributed by atoms with Crippen molar-refractivity contribution in [3.05, 3.63) is 35.4 Å². The van der Waals surface area contributed by atoms with Crippen LogP contribution < -0.4 is 5.73 Å². The average molecular weight is 195 g/mol. The number of hydrogen-bond donors (Lipinski definition) is 1. The maximum absolute atomic E-state index is 12.8. The zero-order chi connectivity index (χ0) is 10.6. The van der Waals surface area contributed by atoms with Crippen molar-refractivity contribution < 1.29 is 9.18 Å². The standard InChI is InChI=1S/C11H14FNO/c1-8(12)9-2-4-10(5-3-9)11(14)6-7-13/h2-5,8H,6-7,13H2,1H3. The van der Waals surface area contributed by atoms with Crippen LogP contribution in [-0.4, -0.2) is 12.3 Å². The second-order valence-corrected chi connectivity index (χ2v) is 3.20. The van der Waals surface area contributed by atoms with E-state index in [9.17, 15) is 9.18 Å². The van der Waals surface area contributed by atoms with E-state index in [4.69, 9.17) is 5.73 Å². The van der Waals surface area contributed by atoms with Crippen molar-refractivity contribution in [2.24, 2.45) is 5.73 Å². The molecule has 2 N–H and O–H groups in total. The van der Waals surface area contributed by atoms with Gasteiger partial charge in [-0.25, -0.2) is 4.39 Å². The van der Waals surface area contributed by atoms with E-state index in [-0.39, 0.29) is 5.78 Å². The molecule has 0 amide bonds. The van der Waals surface area contributed by atoms with Crippen LogP contribution in [0, 0.1) is 0 Å². The van der Waals surface area contributed by atoms with Crippen LogP contribution in [0.3, 0.4) is 0 Å². The molecule has 0 bridgehead atoms. The minimum atomic E-state index is -0.992. The molecular formula is C11H14FNO. The summed E-state index contributed by atoms with van der Waals surface area (Å²) in [7, 11) is 0. The maximum Gasteiger partial charge on any atom is 0.164 e. The van der Waals surface area contributed by atoms with Gasteiger partial charge in [-0.15, -0.1) is 0 Å². The highest BCUT2D eigenvalue weighted by Gasteiger charge is 2.06. The van der Waals surface area contributed by atoms with E-state index in [0.717, 1.165) is 0 Å². The third kappa shape index (κ3) is 2.64. The van der Waals surface area contributed by atoms with Crippen LogP contribution in [0.5, 0.6) is 0 Å². The second-order valence-electron chi connectivity index (χ2n) is 3.20. The number of hydrogen-bond acceptors (Lipinski definition) is 2. The Morgan fingerprint density at radius 1 is 1.43 bits per heavy atom. The number of rotatable bonds is 4. The van der Waals surface area contributed by atoms with Gasteiger partial charge >= 0.3 is 0 Å². The number of halogens is 1. The SMILES string of the molecule is CC(F)c1ccc(C(=O)CCN)cc1. The molecule has 0 saturated carbocycles. The monoisotopic (exact) mass is 195 g/mol. The Hall–Kier alpha value is -1.22. The predicted octanol–water partition coefficient (Wildman–Crippen LogP) is 2.25. The van der Waals surface area contributed by atoms with E-state index < -0.39 is 6.17 Å². The molecule has 1 atom stereocenters. The minimum absolute atomic E-state index is 0.00515. The predicted molar refractivity (Wildman–Crippen MR) is 54.0 cm³/mol. The van der Waals surface area contributed by atoms with Gasteiger partial charge in [0.1, 0.15) is 6.17 Å². The summed E-state index contributed by atoms with van der Waals surface area (Å²) >= 11 is 0. The van der Waals surface area contributed by atoms with E-state index in [1.807, 2.05) is 0 Å². The van der Waals surface area contributed by atoms with Crippen molar-refractivity contribution in [2.75, 3.05) is 6.54 Å². The molecule has 14 heavy (non-hydrogen) atoms. The fourth-order valence-corrected chi connectivity index (χ4v) is 1.21. The minimum Gasteiger partial charge on any atom is -0.330 e. The Bertz CT molecular complexity index is 306. The molecule has 0 spiro atoms. The molecule has 3 heteroatoms. The highest BCUT2D eigenvalue weighted by atomic mass is 19.1. The Labute approximate surface area is 82.9 Å². The summed E-state index contributed by atoms with van der Waals surface area (Å²) in [4.78, 5) is 11.4. The summed E-state index contributed by atoms with van der Waals surface area (Å²) in [5.41, 5.74) is 6.45. The van der Waals surface area contributed by atoms with Crippen LogP contribution in [0.4, 0.5) is 4.39 Å². The first-order valence-corrected chi connectivity index (χ1v) is 4.62. The Balaban J connectivity index is 2.78. The van der Waals surface area contributed by atoms with Gasteiger partial charge < -0.3 is 5.73 Å². The topological polar surface area (TPSA) is 43.1 Å². The van der Waals surface area contributed by atoms with E-state index in [2.05, 4.69) is 0 Å². The molecule has 0 heterocycles. The first kappa shape index (κ1) is 10.9. The quantitative estimate of drug-likeness (QED) is 0.749. The lowest BCUT2D eigenvalue weighted by molar-refractivity contribution is 0.0985. The highest BCUT2D eigenvalue weighted by Crippen LogP contribution is 2.17. The first-order valence-electron chi connectivity index (χ1n) is 4.62. The molecule has 1 aromatic carbocycles. The summed E-state index contributed by atoms with van der Waals surface area (Å²) in [6.45, 7) is 1.82. The smallest absolute Gasteiger partial charge is 0.164 e. The Morgan fingerprint density at radius 3 is 2.43 bits per heavy atom. The van der Waals surface area contributed by atoms with Gasteiger partial charge in [0, 0.05) is 12.0 Å². The molecule has 0 aliphatic heterocycles. The van der Waals surface area contributed by atoms with Crippen LogP contribution in [0.15, 0.2) is 24.3 Å². The number of ketones is 1. The van der Waals surface area contributed by atoms with Crippen LogP contribution in [-0.2, 0) is 0 Å². The molecular weight excluding hydrogens is 181 g/mol. The normalized spacial score (nSPS) is 12.5.